The molecule has 0 saturated carbocycles. The van der Waals surface area contributed by atoms with Gasteiger partial charge in [-0.25, -0.2) is 0 Å². The van der Waals surface area contributed by atoms with Crippen molar-refractivity contribution in [2.24, 2.45) is 0 Å². The van der Waals surface area contributed by atoms with E-state index in [1.165, 1.54) is 0 Å². The Bertz CT molecular complexity index is 640. The normalized spacial score (nSPS) is 18.4. The molecule has 2 aromatic rings. The Kier molecular flexibility index (Phi) is 5.20. The molecule has 2 unspecified atom stereocenters. The molecule has 0 aliphatic carbocycles. The molecule has 4 nitrogen and oxygen atoms in total. The van der Waals surface area contributed by atoms with Crippen LogP contribution in [0.15, 0.2) is 54.6 Å². The number of rotatable bonds is 5. The van der Waals surface area contributed by atoms with Crippen LogP contribution in [0.4, 0.5) is 0 Å². The lowest BCUT2D eigenvalue weighted by Gasteiger charge is -2.17. The van der Waals surface area contributed by atoms with Gasteiger partial charge in [-0.2, -0.15) is 0 Å². The molecule has 1 aliphatic heterocycles. The van der Waals surface area contributed by atoms with Gasteiger partial charge in [-0.3, -0.25) is 10.1 Å². The van der Waals surface area contributed by atoms with E-state index < -0.39 is 0 Å². The van der Waals surface area contributed by atoms with Gasteiger partial charge in [0.2, 0.25) is 5.91 Å². The molecule has 23 heavy (non-hydrogen) atoms. The van der Waals surface area contributed by atoms with Crippen LogP contribution in [0, 0.1) is 0 Å². The summed E-state index contributed by atoms with van der Waals surface area (Å²) in [5.41, 5.74) is 1.06. The van der Waals surface area contributed by atoms with Gasteiger partial charge in [0.25, 0.3) is 0 Å². The minimum absolute atomic E-state index is 0.0272. The van der Waals surface area contributed by atoms with E-state index in [0.717, 1.165) is 28.7 Å². The fraction of sp³-hybridized carbons (Fsp3) is 0.278. The number of benzene rings is 2. The van der Waals surface area contributed by atoms with Crippen LogP contribution >= 0.6 is 11.8 Å². The first-order chi connectivity index (χ1) is 11.2. The van der Waals surface area contributed by atoms with Crippen molar-refractivity contribution in [2.75, 3.05) is 11.6 Å². The monoisotopic (exact) mass is 328 g/mol. The van der Waals surface area contributed by atoms with Gasteiger partial charge >= 0.3 is 0 Å². The van der Waals surface area contributed by atoms with Crippen LogP contribution in [0.2, 0.25) is 0 Å². The Labute approximate surface area is 140 Å². The average Bonchev–Trinajstić information content (AvgIpc) is 3.11. The van der Waals surface area contributed by atoms with Crippen LogP contribution in [0.1, 0.15) is 18.5 Å². The standard InChI is InChI=1S/C18H20N2O2S/c1-13(20-18(21)17-11-23-12-19-17)14-7-9-16(10-8-14)22-15-5-3-2-4-6-15/h2-10,13,17,19H,11-12H2,1H3,(H,20,21). The van der Waals surface area contributed by atoms with E-state index in [1.54, 1.807) is 11.8 Å². The van der Waals surface area contributed by atoms with E-state index >= 15 is 0 Å². The molecule has 1 fully saturated rings. The summed E-state index contributed by atoms with van der Waals surface area (Å²) in [6.07, 6.45) is 0. The Morgan fingerprint density at radius 2 is 1.87 bits per heavy atom. The number of amides is 1. The number of thioether (sulfide) groups is 1. The molecule has 1 saturated heterocycles. The van der Waals surface area contributed by atoms with Crippen molar-refractivity contribution in [1.82, 2.24) is 10.6 Å². The maximum absolute atomic E-state index is 12.1. The van der Waals surface area contributed by atoms with Crippen molar-refractivity contribution < 1.29 is 9.53 Å². The first-order valence-corrected chi connectivity index (χ1v) is 8.82. The number of ether oxygens (including phenoxy) is 1. The maximum Gasteiger partial charge on any atom is 0.238 e. The van der Waals surface area contributed by atoms with Gasteiger partial charge in [0.1, 0.15) is 11.5 Å². The van der Waals surface area contributed by atoms with Crippen molar-refractivity contribution in [1.29, 1.82) is 0 Å². The molecule has 0 aromatic heterocycles. The third-order valence-corrected chi connectivity index (χ3v) is 4.69. The van der Waals surface area contributed by atoms with Gasteiger partial charge in [0, 0.05) is 11.6 Å². The molecular weight excluding hydrogens is 308 g/mol. The molecule has 1 amide bonds. The zero-order valence-electron chi connectivity index (χ0n) is 13.0. The summed E-state index contributed by atoms with van der Waals surface area (Å²) in [7, 11) is 0. The van der Waals surface area contributed by atoms with Gasteiger partial charge in [-0.15, -0.1) is 11.8 Å². The van der Waals surface area contributed by atoms with E-state index in [0.29, 0.717) is 0 Å². The first kappa shape index (κ1) is 15.9. The third-order valence-electron chi connectivity index (χ3n) is 3.75. The van der Waals surface area contributed by atoms with E-state index in [2.05, 4.69) is 10.6 Å². The summed E-state index contributed by atoms with van der Waals surface area (Å²) in [4.78, 5) is 12.1. The Morgan fingerprint density at radius 1 is 1.17 bits per heavy atom. The van der Waals surface area contributed by atoms with Crippen LogP contribution in [0.25, 0.3) is 0 Å². The number of para-hydroxylation sites is 1. The minimum Gasteiger partial charge on any atom is -0.457 e. The van der Waals surface area contributed by atoms with Crippen LogP contribution in [0.3, 0.4) is 0 Å². The summed E-state index contributed by atoms with van der Waals surface area (Å²) >= 11 is 1.75. The summed E-state index contributed by atoms with van der Waals surface area (Å²) in [5, 5.41) is 6.23. The molecule has 120 valence electrons. The Hall–Kier alpha value is -1.98. The van der Waals surface area contributed by atoms with Gasteiger partial charge in [-0.05, 0) is 36.8 Å². The number of carbonyl (C=O) groups excluding carboxylic acids is 1. The highest BCUT2D eigenvalue weighted by atomic mass is 32.2. The van der Waals surface area contributed by atoms with E-state index in [4.69, 9.17) is 4.74 Å². The number of hydrogen-bond acceptors (Lipinski definition) is 4. The van der Waals surface area contributed by atoms with Crippen molar-refractivity contribution in [3.8, 4) is 11.5 Å². The van der Waals surface area contributed by atoms with E-state index in [9.17, 15) is 4.79 Å². The largest absolute Gasteiger partial charge is 0.457 e. The van der Waals surface area contributed by atoms with Gasteiger partial charge < -0.3 is 10.1 Å². The Morgan fingerprint density at radius 3 is 2.52 bits per heavy atom. The molecule has 3 rings (SSSR count). The predicted octanol–water partition coefficient (Wildman–Crippen LogP) is 3.32. The second-order valence-corrected chi connectivity index (χ2v) is 6.52. The summed E-state index contributed by atoms with van der Waals surface area (Å²) in [6.45, 7) is 1.99. The molecule has 0 bridgehead atoms. The topological polar surface area (TPSA) is 50.4 Å². The van der Waals surface area contributed by atoms with Crippen LogP contribution < -0.4 is 15.4 Å². The molecule has 2 aromatic carbocycles. The quantitative estimate of drug-likeness (QED) is 0.884. The molecule has 0 spiro atoms. The van der Waals surface area contributed by atoms with Crippen LogP contribution in [-0.2, 0) is 4.79 Å². The fourth-order valence-corrected chi connectivity index (χ4v) is 3.35. The smallest absolute Gasteiger partial charge is 0.238 e. The van der Waals surface area contributed by atoms with E-state index in [1.807, 2.05) is 61.5 Å². The zero-order valence-corrected chi connectivity index (χ0v) is 13.8. The first-order valence-electron chi connectivity index (χ1n) is 7.67. The summed E-state index contributed by atoms with van der Waals surface area (Å²) in [6, 6.07) is 17.4. The second-order valence-electron chi connectivity index (χ2n) is 5.49. The molecule has 1 heterocycles. The highest BCUT2D eigenvalue weighted by Crippen LogP contribution is 2.23. The van der Waals surface area contributed by atoms with Gasteiger partial charge in [0.05, 0.1) is 12.1 Å². The molecular formula is C18H20N2O2S. The zero-order chi connectivity index (χ0) is 16.1. The van der Waals surface area contributed by atoms with Gasteiger partial charge in [0.15, 0.2) is 0 Å². The third kappa shape index (κ3) is 4.27. The number of hydrogen-bond donors (Lipinski definition) is 2. The second kappa shape index (κ2) is 7.53. The lowest BCUT2D eigenvalue weighted by molar-refractivity contribution is -0.123. The lowest BCUT2D eigenvalue weighted by Crippen LogP contribution is -2.42. The summed E-state index contributed by atoms with van der Waals surface area (Å²) in [5.74, 6) is 3.34. The molecule has 0 radical (unpaired) electrons. The molecule has 1 aliphatic rings. The lowest BCUT2D eigenvalue weighted by atomic mass is 10.1. The average molecular weight is 328 g/mol. The summed E-state index contributed by atoms with van der Waals surface area (Å²) < 4.78 is 5.78. The highest BCUT2D eigenvalue weighted by Gasteiger charge is 2.23. The van der Waals surface area contributed by atoms with Gasteiger partial charge in [-0.1, -0.05) is 30.3 Å². The molecule has 2 N–H and O–H groups in total. The fourth-order valence-electron chi connectivity index (χ4n) is 2.41. The highest BCUT2D eigenvalue weighted by molar-refractivity contribution is 7.99. The van der Waals surface area contributed by atoms with Crippen molar-refractivity contribution in [3.05, 3.63) is 60.2 Å². The van der Waals surface area contributed by atoms with Crippen molar-refractivity contribution in [3.63, 3.8) is 0 Å². The van der Waals surface area contributed by atoms with E-state index in [-0.39, 0.29) is 18.0 Å². The maximum atomic E-state index is 12.1. The molecule has 2 atom stereocenters. The van der Waals surface area contributed by atoms with Crippen LogP contribution in [0.5, 0.6) is 11.5 Å². The molecule has 5 heteroatoms. The Balaban J connectivity index is 1.58. The number of carbonyl (C=O) groups is 1. The number of nitrogens with one attached hydrogen (secondary N) is 2. The van der Waals surface area contributed by atoms with Crippen LogP contribution in [-0.4, -0.2) is 23.6 Å². The SMILES string of the molecule is CC(NC(=O)C1CSCN1)c1ccc(Oc2ccccc2)cc1. The minimum atomic E-state index is -0.0804. The van der Waals surface area contributed by atoms with Crippen molar-refractivity contribution >= 4 is 17.7 Å². The predicted molar refractivity (Wildman–Crippen MR) is 93.8 cm³/mol. The van der Waals surface area contributed by atoms with Crippen molar-refractivity contribution in [2.45, 2.75) is 19.0 Å².